The number of anilines is 2. The molecule has 0 unspecified atom stereocenters. The van der Waals surface area contributed by atoms with E-state index in [-0.39, 0.29) is 16.3 Å². The highest BCUT2D eigenvalue weighted by molar-refractivity contribution is 7.92. The maximum atomic E-state index is 13.7. The Kier molecular flexibility index (Phi) is 4.47. The zero-order chi connectivity index (χ0) is 15.5. The third-order valence-corrected chi connectivity index (χ3v) is 4.42. The minimum absolute atomic E-state index is 0.0428. The van der Waals surface area contributed by atoms with Crippen LogP contribution < -0.4 is 10.5 Å². The molecule has 0 saturated heterocycles. The van der Waals surface area contributed by atoms with Gasteiger partial charge < -0.3 is 5.73 Å². The van der Waals surface area contributed by atoms with E-state index in [2.05, 4.69) is 4.72 Å². The molecule has 0 atom stereocenters. The Morgan fingerprint density at radius 3 is 2.38 bits per heavy atom. The molecule has 0 aliphatic rings. The summed E-state index contributed by atoms with van der Waals surface area (Å²) in [7, 11) is -3.86. The SMILES string of the molecule is CCCc1ccc(S(=O)(=O)Nc2c(N)cccc2F)cc1. The topological polar surface area (TPSA) is 72.2 Å². The third kappa shape index (κ3) is 3.52. The van der Waals surface area contributed by atoms with Gasteiger partial charge in [-0.05, 0) is 36.2 Å². The van der Waals surface area contributed by atoms with Crippen LogP contribution in [-0.4, -0.2) is 8.42 Å². The second-order valence-electron chi connectivity index (χ2n) is 4.70. The van der Waals surface area contributed by atoms with Crippen molar-refractivity contribution in [1.82, 2.24) is 0 Å². The molecule has 0 heterocycles. The molecule has 4 nitrogen and oxygen atoms in total. The number of sulfonamides is 1. The molecule has 0 aliphatic heterocycles. The van der Waals surface area contributed by atoms with Crippen molar-refractivity contribution in [3.63, 3.8) is 0 Å². The molecule has 21 heavy (non-hydrogen) atoms. The highest BCUT2D eigenvalue weighted by atomic mass is 32.2. The number of hydrogen-bond acceptors (Lipinski definition) is 3. The number of aryl methyl sites for hydroxylation is 1. The number of para-hydroxylation sites is 1. The summed E-state index contributed by atoms with van der Waals surface area (Å²) in [5.41, 5.74) is 6.48. The van der Waals surface area contributed by atoms with Crippen molar-refractivity contribution < 1.29 is 12.8 Å². The smallest absolute Gasteiger partial charge is 0.262 e. The van der Waals surface area contributed by atoms with Gasteiger partial charge in [-0.25, -0.2) is 12.8 Å². The van der Waals surface area contributed by atoms with Crippen molar-refractivity contribution in [3.8, 4) is 0 Å². The van der Waals surface area contributed by atoms with E-state index in [1.54, 1.807) is 12.1 Å². The summed E-state index contributed by atoms with van der Waals surface area (Å²) in [5, 5.41) is 0. The first-order chi connectivity index (χ1) is 9.94. The number of nitrogens with two attached hydrogens (primary N) is 1. The fourth-order valence-electron chi connectivity index (χ4n) is 1.97. The van der Waals surface area contributed by atoms with Gasteiger partial charge in [-0.1, -0.05) is 31.5 Å². The lowest BCUT2D eigenvalue weighted by molar-refractivity contribution is 0.598. The van der Waals surface area contributed by atoms with Crippen LogP contribution in [0.3, 0.4) is 0 Å². The molecule has 0 amide bonds. The van der Waals surface area contributed by atoms with Gasteiger partial charge in [0.25, 0.3) is 10.0 Å². The lowest BCUT2D eigenvalue weighted by atomic mass is 10.1. The van der Waals surface area contributed by atoms with Crippen LogP contribution in [-0.2, 0) is 16.4 Å². The van der Waals surface area contributed by atoms with E-state index >= 15 is 0 Å². The lowest BCUT2D eigenvalue weighted by Crippen LogP contribution is -2.15. The van der Waals surface area contributed by atoms with Gasteiger partial charge in [0.1, 0.15) is 11.5 Å². The number of rotatable bonds is 5. The molecule has 2 aromatic rings. The Balaban J connectivity index is 2.30. The van der Waals surface area contributed by atoms with Gasteiger partial charge in [0.05, 0.1) is 10.6 Å². The van der Waals surface area contributed by atoms with E-state index in [4.69, 9.17) is 5.73 Å². The summed E-state index contributed by atoms with van der Waals surface area (Å²) < 4.78 is 40.3. The van der Waals surface area contributed by atoms with E-state index in [1.807, 2.05) is 6.92 Å². The summed E-state index contributed by atoms with van der Waals surface area (Å²) in [4.78, 5) is 0.0741. The first-order valence-electron chi connectivity index (χ1n) is 6.60. The summed E-state index contributed by atoms with van der Waals surface area (Å²) in [6, 6.07) is 10.5. The van der Waals surface area contributed by atoms with Crippen molar-refractivity contribution >= 4 is 21.4 Å². The first kappa shape index (κ1) is 15.3. The average Bonchev–Trinajstić information content (AvgIpc) is 2.44. The van der Waals surface area contributed by atoms with Crippen molar-refractivity contribution in [2.24, 2.45) is 0 Å². The molecule has 0 bridgehead atoms. The van der Waals surface area contributed by atoms with Gasteiger partial charge in [0.15, 0.2) is 0 Å². The molecule has 2 aromatic carbocycles. The summed E-state index contributed by atoms with van der Waals surface area (Å²) in [6.07, 6.45) is 1.87. The molecule has 0 fully saturated rings. The van der Waals surface area contributed by atoms with Crippen LogP contribution in [0, 0.1) is 5.82 Å². The quantitative estimate of drug-likeness (QED) is 0.833. The molecule has 0 saturated carbocycles. The molecule has 6 heteroatoms. The van der Waals surface area contributed by atoms with Crippen molar-refractivity contribution in [3.05, 3.63) is 53.8 Å². The Morgan fingerprint density at radius 2 is 1.81 bits per heavy atom. The largest absolute Gasteiger partial charge is 0.397 e. The van der Waals surface area contributed by atoms with Crippen LogP contribution in [0.15, 0.2) is 47.4 Å². The average molecular weight is 308 g/mol. The molecule has 112 valence electrons. The molecular formula is C15H17FN2O2S. The van der Waals surface area contributed by atoms with Crippen molar-refractivity contribution in [1.29, 1.82) is 0 Å². The Morgan fingerprint density at radius 1 is 1.14 bits per heavy atom. The predicted octanol–water partition coefficient (Wildman–Crippen LogP) is 3.16. The van der Waals surface area contributed by atoms with Gasteiger partial charge >= 0.3 is 0 Å². The normalized spacial score (nSPS) is 11.3. The van der Waals surface area contributed by atoms with E-state index in [0.717, 1.165) is 24.5 Å². The first-order valence-corrected chi connectivity index (χ1v) is 8.08. The molecule has 2 rings (SSSR count). The van der Waals surface area contributed by atoms with Crippen LogP contribution in [0.5, 0.6) is 0 Å². The highest BCUT2D eigenvalue weighted by Gasteiger charge is 2.17. The second-order valence-corrected chi connectivity index (χ2v) is 6.39. The Bertz CT molecular complexity index is 708. The minimum Gasteiger partial charge on any atom is -0.397 e. The van der Waals surface area contributed by atoms with Crippen LogP contribution in [0.4, 0.5) is 15.8 Å². The van der Waals surface area contributed by atoms with E-state index in [9.17, 15) is 12.8 Å². The molecule has 0 spiro atoms. The summed E-state index contributed by atoms with van der Waals surface area (Å²) in [5.74, 6) is -0.707. The fourth-order valence-corrected chi connectivity index (χ4v) is 3.06. The third-order valence-electron chi connectivity index (χ3n) is 3.05. The molecule has 0 radical (unpaired) electrons. The van der Waals surface area contributed by atoms with Crippen LogP contribution in [0.25, 0.3) is 0 Å². The van der Waals surface area contributed by atoms with E-state index in [1.165, 1.54) is 24.3 Å². The molecule has 3 N–H and O–H groups in total. The Hall–Kier alpha value is -2.08. The number of nitrogen functional groups attached to an aromatic ring is 1. The minimum atomic E-state index is -3.86. The maximum absolute atomic E-state index is 13.7. The van der Waals surface area contributed by atoms with Crippen molar-refractivity contribution in [2.45, 2.75) is 24.7 Å². The van der Waals surface area contributed by atoms with Gasteiger partial charge in [-0.3, -0.25) is 4.72 Å². The van der Waals surface area contributed by atoms with Gasteiger partial charge in [0, 0.05) is 0 Å². The van der Waals surface area contributed by atoms with Crippen molar-refractivity contribution in [2.75, 3.05) is 10.5 Å². The number of hydrogen-bond donors (Lipinski definition) is 2. The molecular weight excluding hydrogens is 291 g/mol. The van der Waals surface area contributed by atoms with Gasteiger partial charge in [-0.15, -0.1) is 0 Å². The summed E-state index contributed by atoms with van der Waals surface area (Å²) >= 11 is 0. The fraction of sp³-hybridized carbons (Fsp3) is 0.200. The van der Waals surface area contributed by atoms with Crippen LogP contribution >= 0.6 is 0 Å². The van der Waals surface area contributed by atoms with E-state index < -0.39 is 15.8 Å². The number of halogens is 1. The van der Waals surface area contributed by atoms with E-state index in [0.29, 0.717) is 0 Å². The zero-order valence-corrected chi connectivity index (χ0v) is 12.5. The second kappa shape index (κ2) is 6.13. The number of nitrogens with one attached hydrogen (secondary N) is 1. The Labute approximate surface area is 123 Å². The number of benzene rings is 2. The highest BCUT2D eigenvalue weighted by Crippen LogP contribution is 2.25. The predicted molar refractivity (Wildman–Crippen MR) is 82.1 cm³/mol. The maximum Gasteiger partial charge on any atom is 0.262 e. The lowest BCUT2D eigenvalue weighted by Gasteiger charge is -2.11. The summed E-state index contributed by atoms with van der Waals surface area (Å²) in [6.45, 7) is 2.05. The van der Waals surface area contributed by atoms with Crippen LogP contribution in [0.2, 0.25) is 0 Å². The van der Waals surface area contributed by atoms with Gasteiger partial charge in [0.2, 0.25) is 0 Å². The standard InChI is InChI=1S/C15H17FN2O2S/c1-2-4-11-7-9-12(10-8-11)21(19,20)18-15-13(16)5-3-6-14(15)17/h3,5-10,18H,2,4,17H2,1H3. The monoisotopic (exact) mass is 308 g/mol. The molecule has 0 aromatic heterocycles. The molecule has 0 aliphatic carbocycles. The van der Waals surface area contributed by atoms with Gasteiger partial charge in [-0.2, -0.15) is 0 Å². The van der Waals surface area contributed by atoms with Crippen LogP contribution in [0.1, 0.15) is 18.9 Å². The zero-order valence-electron chi connectivity index (χ0n) is 11.6.